The van der Waals surface area contributed by atoms with Crippen LogP contribution in [0.25, 0.3) is 0 Å². The highest BCUT2D eigenvalue weighted by Gasteiger charge is 2.21. The number of aliphatic imine (C=N–C) groups is 1. The molecular formula is C20H33N3O2. The second-order valence-corrected chi connectivity index (χ2v) is 6.78. The summed E-state index contributed by atoms with van der Waals surface area (Å²) in [5.74, 6) is 2.69. The average molecular weight is 348 g/mol. The Balaban J connectivity index is 1.50. The van der Waals surface area contributed by atoms with Crippen molar-refractivity contribution >= 4 is 5.96 Å². The van der Waals surface area contributed by atoms with E-state index in [1.54, 1.807) is 0 Å². The number of unbranched alkanes of at least 4 members (excludes halogenated alkanes) is 1. The van der Waals surface area contributed by atoms with Crippen LogP contribution in [0.1, 0.15) is 31.2 Å². The van der Waals surface area contributed by atoms with Crippen LogP contribution in [-0.2, 0) is 4.74 Å². The van der Waals surface area contributed by atoms with Crippen molar-refractivity contribution in [3.8, 4) is 5.75 Å². The van der Waals surface area contributed by atoms with Crippen LogP contribution in [-0.4, -0.2) is 57.9 Å². The van der Waals surface area contributed by atoms with Crippen LogP contribution in [0.15, 0.2) is 29.3 Å². The van der Waals surface area contributed by atoms with Crippen LogP contribution in [0, 0.1) is 12.8 Å². The smallest absolute Gasteiger partial charge is 0.193 e. The molecule has 1 aliphatic rings. The lowest BCUT2D eigenvalue weighted by Crippen LogP contribution is -2.41. The number of guanidine groups is 1. The van der Waals surface area contributed by atoms with Gasteiger partial charge in [-0.15, -0.1) is 0 Å². The van der Waals surface area contributed by atoms with Crippen LogP contribution in [0.2, 0.25) is 0 Å². The molecule has 1 fully saturated rings. The summed E-state index contributed by atoms with van der Waals surface area (Å²) in [5.41, 5.74) is 1.25. The second kappa shape index (κ2) is 11.0. The summed E-state index contributed by atoms with van der Waals surface area (Å²) < 4.78 is 11.4. The topological polar surface area (TPSA) is 46.1 Å². The van der Waals surface area contributed by atoms with Gasteiger partial charge in [0.05, 0.1) is 13.2 Å². The average Bonchev–Trinajstić information content (AvgIpc) is 3.44. The van der Waals surface area contributed by atoms with Gasteiger partial charge >= 0.3 is 0 Å². The van der Waals surface area contributed by atoms with Gasteiger partial charge in [0.25, 0.3) is 0 Å². The summed E-state index contributed by atoms with van der Waals surface area (Å²) in [4.78, 5) is 6.45. The highest BCUT2D eigenvalue weighted by atomic mass is 16.5. The molecule has 5 heteroatoms. The largest absolute Gasteiger partial charge is 0.494 e. The third kappa shape index (κ3) is 8.25. The van der Waals surface area contributed by atoms with Crippen molar-refractivity contribution in [2.75, 3.05) is 47.0 Å². The maximum Gasteiger partial charge on any atom is 0.193 e. The molecule has 0 bridgehead atoms. The second-order valence-electron chi connectivity index (χ2n) is 6.78. The molecule has 1 aliphatic carbocycles. The molecule has 1 N–H and O–H groups in total. The lowest BCUT2D eigenvalue weighted by molar-refractivity contribution is 0.115. The molecule has 1 saturated carbocycles. The molecule has 25 heavy (non-hydrogen) atoms. The molecule has 5 nitrogen and oxygen atoms in total. The highest BCUT2D eigenvalue weighted by Crippen LogP contribution is 2.28. The van der Waals surface area contributed by atoms with Crippen molar-refractivity contribution < 1.29 is 9.47 Å². The van der Waals surface area contributed by atoms with Crippen molar-refractivity contribution in [2.45, 2.75) is 32.6 Å². The summed E-state index contributed by atoms with van der Waals surface area (Å²) in [6.45, 7) is 6.27. The minimum absolute atomic E-state index is 0.744. The van der Waals surface area contributed by atoms with Crippen molar-refractivity contribution in [3.05, 3.63) is 29.8 Å². The van der Waals surface area contributed by atoms with E-state index in [2.05, 4.69) is 41.3 Å². The third-order valence-electron chi connectivity index (χ3n) is 4.34. The Morgan fingerprint density at radius 3 is 2.64 bits per heavy atom. The molecule has 0 unspecified atom stereocenters. The summed E-state index contributed by atoms with van der Waals surface area (Å²) in [6, 6.07) is 8.20. The molecular weight excluding hydrogens is 314 g/mol. The van der Waals surface area contributed by atoms with E-state index in [4.69, 9.17) is 9.47 Å². The molecule has 0 atom stereocenters. The van der Waals surface area contributed by atoms with Crippen molar-refractivity contribution in [1.29, 1.82) is 0 Å². The Bertz CT molecular complexity index is 512. The Morgan fingerprint density at radius 2 is 1.96 bits per heavy atom. The lowest BCUT2D eigenvalue weighted by Gasteiger charge is -2.22. The van der Waals surface area contributed by atoms with E-state index in [0.29, 0.717) is 0 Å². The van der Waals surface area contributed by atoms with Gasteiger partial charge in [-0.25, -0.2) is 0 Å². The van der Waals surface area contributed by atoms with Gasteiger partial charge in [-0.2, -0.15) is 0 Å². The molecule has 0 amide bonds. The first-order valence-electron chi connectivity index (χ1n) is 9.38. The Labute approximate surface area is 152 Å². The van der Waals surface area contributed by atoms with Gasteiger partial charge in [0.2, 0.25) is 0 Å². The van der Waals surface area contributed by atoms with E-state index in [1.807, 2.05) is 19.2 Å². The molecule has 1 aromatic rings. The minimum Gasteiger partial charge on any atom is -0.494 e. The van der Waals surface area contributed by atoms with Gasteiger partial charge in [-0.1, -0.05) is 17.7 Å². The van der Waals surface area contributed by atoms with Gasteiger partial charge < -0.3 is 19.7 Å². The van der Waals surface area contributed by atoms with Crippen LogP contribution < -0.4 is 10.1 Å². The first-order valence-corrected chi connectivity index (χ1v) is 9.38. The molecule has 1 aromatic carbocycles. The summed E-state index contributed by atoms with van der Waals surface area (Å²) in [5, 5.41) is 3.40. The van der Waals surface area contributed by atoms with Gasteiger partial charge in [0, 0.05) is 33.8 Å². The number of hydrogen-bond donors (Lipinski definition) is 1. The maximum absolute atomic E-state index is 5.75. The molecule has 0 heterocycles. The monoisotopic (exact) mass is 347 g/mol. The molecule has 0 saturated heterocycles. The van der Waals surface area contributed by atoms with E-state index in [0.717, 1.165) is 63.4 Å². The standard InChI is InChI=1S/C20H33N3O2/c1-17-6-10-19(11-7-17)25-14-5-4-12-22-20(21-2)23(3)13-15-24-16-18-8-9-18/h6-7,10-11,18H,4-5,8-9,12-16H2,1-3H3,(H,21,22). The van der Waals surface area contributed by atoms with E-state index in [1.165, 1.54) is 18.4 Å². The molecule has 0 radical (unpaired) electrons. The van der Waals surface area contributed by atoms with Crippen LogP contribution in [0.5, 0.6) is 5.75 Å². The fraction of sp³-hybridized carbons (Fsp3) is 0.650. The summed E-state index contributed by atoms with van der Waals surface area (Å²) in [7, 11) is 3.88. The number of hydrogen-bond acceptors (Lipinski definition) is 3. The SMILES string of the molecule is CN=C(NCCCCOc1ccc(C)cc1)N(C)CCOCC1CC1. The predicted molar refractivity (Wildman–Crippen MR) is 103 cm³/mol. The number of benzene rings is 1. The molecule has 0 aliphatic heterocycles. The van der Waals surface area contributed by atoms with E-state index < -0.39 is 0 Å². The quantitative estimate of drug-likeness (QED) is 0.380. The van der Waals surface area contributed by atoms with Crippen LogP contribution in [0.3, 0.4) is 0 Å². The zero-order valence-corrected chi connectivity index (χ0v) is 16.0. The van der Waals surface area contributed by atoms with Gasteiger partial charge in [0.1, 0.15) is 5.75 Å². The van der Waals surface area contributed by atoms with Crippen molar-refractivity contribution in [3.63, 3.8) is 0 Å². The lowest BCUT2D eigenvalue weighted by atomic mass is 10.2. The number of nitrogens with one attached hydrogen (secondary N) is 1. The number of ether oxygens (including phenoxy) is 2. The Hall–Kier alpha value is -1.75. The number of aryl methyl sites for hydroxylation is 1. The van der Waals surface area contributed by atoms with Crippen molar-refractivity contribution in [1.82, 2.24) is 10.2 Å². The van der Waals surface area contributed by atoms with Crippen LogP contribution in [0.4, 0.5) is 0 Å². The predicted octanol–water partition coefficient (Wildman–Crippen LogP) is 3.09. The number of nitrogens with zero attached hydrogens (tertiary/aromatic N) is 2. The summed E-state index contributed by atoms with van der Waals surface area (Å²) in [6.07, 6.45) is 4.75. The van der Waals surface area contributed by atoms with E-state index >= 15 is 0 Å². The van der Waals surface area contributed by atoms with Gasteiger partial charge in [-0.3, -0.25) is 4.99 Å². The zero-order chi connectivity index (χ0) is 17.9. The number of likely N-dealkylation sites (N-methyl/N-ethyl adjacent to an activating group) is 1. The van der Waals surface area contributed by atoms with Gasteiger partial charge in [0.15, 0.2) is 5.96 Å². The molecule has 0 aromatic heterocycles. The summed E-state index contributed by atoms with van der Waals surface area (Å²) >= 11 is 0. The Kier molecular flexibility index (Phi) is 8.60. The van der Waals surface area contributed by atoms with E-state index in [-0.39, 0.29) is 0 Å². The van der Waals surface area contributed by atoms with Crippen LogP contribution >= 0.6 is 0 Å². The molecule has 2 rings (SSSR count). The highest BCUT2D eigenvalue weighted by molar-refractivity contribution is 5.79. The van der Waals surface area contributed by atoms with Gasteiger partial charge in [-0.05, 0) is 50.7 Å². The Morgan fingerprint density at radius 1 is 1.20 bits per heavy atom. The normalized spacial score (nSPS) is 14.4. The maximum atomic E-state index is 5.75. The third-order valence-corrected chi connectivity index (χ3v) is 4.34. The first kappa shape index (κ1) is 19.6. The minimum atomic E-state index is 0.744. The molecule has 140 valence electrons. The zero-order valence-electron chi connectivity index (χ0n) is 16.0. The first-order chi connectivity index (χ1) is 12.2. The fourth-order valence-electron chi connectivity index (χ4n) is 2.48. The van der Waals surface area contributed by atoms with Crippen molar-refractivity contribution in [2.24, 2.45) is 10.9 Å². The number of rotatable bonds is 11. The fourth-order valence-corrected chi connectivity index (χ4v) is 2.48. The van der Waals surface area contributed by atoms with E-state index in [9.17, 15) is 0 Å². The molecule has 0 spiro atoms.